The summed E-state index contributed by atoms with van der Waals surface area (Å²) in [5.41, 5.74) is 2.84. The molecule has 0 fully saturated rings. The van der Waals surface area contributed by atoms with E-state index in [-0.39, 0.29) is 10.9 Å². The molecule has 32 heavy (non-hydrogen) atoms. The van der Waals surface area contributed by atoms with E-state index < -0.39 is 16.1 Å². The van der Waals surface area contributed by atoms with Crippen LogP contribution in [0.5, 0.6) is 0 Å². The predicted molar refractivity (Wildman–Crippen MR) is 125 cm³/mol. The maximum absolute atomic E-state index is 13.3. The lowest BCUT2D eigenvalue weighted by Gasteiger charge is -2.29. The summed E-state index contributed by atoms with van der Waals surface area (Å²) in [4.78, 5) is 0.238. The number of nitrogens with one attached hydrogen (secondary N) is 2. The van der Waals surface area contributed by atoms with E-state index in [0.717, 1.165) is 22.5 Å². The minimum absolute atomic E-state index is 0.238. The highest BCUT2D eigenvalue weighted by atomic mass is 32.2. The Kier molecular flexibility index (Phi) is 6.85. The van der Waals surface area contributed by atoms with E-state index in [1.807, 2.05) is 79.7 Å². The summed E-state index contributed by atoms with van der Waals surface area (Å²) < 4.78 is 35.1. The fraction of sp³-hybridized carbons (Fsp3) is 0.154. The van der Waals surface area contributed by atoms with Crippen LogP contribution in [0.4, 0.5) is 0 Å². The molecular weight excluding hydrogens is 420 g/mol. The van der Waals surface area contributed by atoms with E-state index in [2.05, 4.69) is 10.0 Å². The van der Waals surface area contributed by atoms with Gasteiger partial charge in [0.25, 0.3) is 0 Å². The van der Waals surface area contributed by atoms with E-state index in [1.165, 1.54) is 0 Å². The lowest BCUT2D eigenvalue weighted by Crippen LogP contribution is -2.38. The van der Waals surface area contributed by atoms with Gasteiger partial charge < -0.3 is 9.73 Å². The van der Waals surface area contributed by atoms with E-state index >= 15 is 0 Å². The summed E-state index contributed by atoms with van der Waals surface area (Å²) in [5, 5.41) is 3.50. The highest BCUT2D eigenvalue weighted by Crippen LogP contribution is 2.31. The van der Waals surface area contributed by atoms with Crippen LogP contribution in [0.2, 0.25) is 0 Å². The first-order valence-electron chi connectivity index (χ1n) is 10.5. The maximum atomic E-state index is 13.3. The molecule has 0 saturated carbocycles. The van der Waals surface area contributed by atoms with Crippen molar-refractivity contribution in [1.29, 1.82) is 0 Å². The lowest BCUT2D eigenvalue weighted by molar-refractivity contribution is 0.394. The SMILES string of the molecule is Cc1ccc(S(=O)(=O)NC(c2ccccc2)[C@H](NCc2ccco2)c2ccccc2)cc1. The Hall–Kier alpha value is -3.19. The highest BCUT2D eigenvalue weighted by Gasteiger charge is 2.29. The average Bonchev–Trinajstić information content (AvgIpc) is 3.34. The van der Waals surface area contributed by atoms with Crippen LogP contribution < -0.4 is 10.0 Å². The molecule has 0 radical (unpaired) electrons. The number of sulfonamides is 1. The van der Waals surface area contributed by atoms with Gasteiger partial charge in [0.1, 0.15) is 5.76 Å². The van der Waals surface area contributed by atoms with Gasteiger partial charge in [-0.1, -0.05) is 78.4 Å². The second-order valence-corrected chi connectivity index (χ2v) is 9.39. The van der Waals surface area contributed by atoms with Crippen molar-refractivity contribution >= 4 is 10.0 Å². The zero-order valence-electron chi connectivity index (χ0n) is 17.8. The van der Waals surface area contributed by atoms with Gasteiger partial charge in [0.2, 0.25) is 10.0 Å². The van der Waals surface area contributed by atoms with Gasteiger partial charge in [0.15, 0.2) is 0 Å². The van der Waals surface area contributed by atoms with Crippen LogP contribution in [-0.2, 0) is 16.6 Å². The summed E-state index contributed by atoms with van der Waals surface area (Å²) in [6.07, 6.45) is 1.63. The molecule has 164 valence electrons. The summed E-state index contributed by atoms with van der Waals surface area (Å²) in [6.45, 7) is 2.39. The Bertz CT molecular complexity index is 1210. The molecule has 0 aliphatic carbocycles. The van der Waals surface area contributed by atoms with Gasteiger partial charge in [-0.25, -0.2) is 13.1 Å². The molecule has 5 nitrogen and oxygen atoms in total. The molecule has 2 N–H and O–H groups in total. The first-order valence-corrected chi connectivity index (χ1v) is 12.0. The predicted octanol–water partition coefficient (Wildman–Crippen LogP) is 5.14. The maximum Gasteiger partial charge on any atom is 0.241 e. The molecule has 0 bridgehead atoms. The van der Waals surface area contributed by atoms with Crippen LogP contribution >= 0.6 is 0 Å². The molecule has 0 saturated heterocycles. The molecule has 4 aromatic rings. The van der Waals surface area contributed by atoms with Crippen molar-refractivity contribution in [2.75, 3.05) is 0 Å². The van der Waals surface area contributed by atoms with Gasteiger partial charge in [0, 0.05) is 0 Å². The van der Waals surface area contributed by atoms with Gasteiger partial charge in [-0.3, -0.25) is 0 Å². The van der Waals surface area contributed by atoms with Crippen molar-refractivity contribution in [2.45, 2.75) is 30.4 Å². The molecular formula is C26H26N2O3S. The minimum Gasteiger partial charge on any atom is -0.468 e. The topological polar surface area (TPSA) is 71.3 Å². The van der Waals surface area contributed by atoms with Gasteiger partial charge in [0.05, 0.1) is 29.8 Å². The molecule has 0 amide bonds. The standard InChI is InChI=1S/C26H26N2O3S/c1-20-14-16-24(17-15-20)32(29,30)28-26(22-11-6-3-7-12-22)25(21-9-4-2-5-10-21)27-19-23-13-8-18-31-23/h2-18,25-28H,19H2,1H3/t25-,26?/m1/s1. The number of hydrogen-bond acceptors (Lipinski definition) is 4. The molecule has 4 rings (SSSR count). The Morgan fingerprint density at radius 3 is 1.91 bits per heavy atom. The van der Waals surface area contributed by atoms with Crippen LogP contribution in [-0.4, -0.2) is 8.42 Å². The summed E-state index contributed by atoms with van der Waals surface area (Å²) in [6, 6.07) is 29.2. The summed E-state index contributed by atoms with van der Waals surface area (Å²) >= 11 is 0. The third kappa shape index (κ3) is 5.34. The molecule has 6 heteroatoms. The minimum atomic E-state index is -3.76. The molecule has 2 atom stereocenters. The fourth-order valence-corrected chi connectivity index (χ4v) is 4.89. The van der Waals surface area contributed by atoms with Gasteiger partial charge in [-0.15, -0.1) is 0 Å². The van der Waals surface area contributed by atoms with E-state index in [1.54, 1.807) is 30.5 Å². The van der Waals surface area contributed by atoms with Crippen LogP contribution in [0, 0.1) is 6.92 Å². The first kappa shape index (κ1) is 22.0. The molecule has 0 aliphatic heterocycles. The van der Waals surface area contributed by atoms with Crippen molar-refractivity contribution in [1.82, 2.24) is 10.0 Å². The van der Waals surface area contributed by atoms with Crippen LogP contribution in [0.25, 0.3) is 0 Å². The first-order chi connectivity index (χ1) is 15.5. The molecule has 1 aromatic heterocycles. The highest BCUT2D eigenvalue weighted by molar-refractivity contribution is 7.89. The van der Waals surface area contributed by atoms with Crippen molar-refractivity contribution < 1.29 is 12.8 Å². The molecule has 1 heterocycles. The van der Waals surface area contributed by atoms with Crippen LogP contribution in [0.3, 0.4) is 0 Å². The molecule has 1 unspecified atom stereocenters. The largest absolute Gasteiger partial charge is 0.468 e. The number of hydrogen-bond donors (Lipinski definition) is 2. The van der Waals surface area contributed by atoms with Crippen LogP contribution in [0.15, 0.2) is 113 Å². The third-order valence-electron chi connectivity index (χ3n) is 5.34. The Morgan fingerprint density at radius 2 is 1.34 bits per heavy atom. The Balaban J connectivity index is 1.73. The summed E-state index contributed by atoms with van der Waals surface area (Å²) in [5.74, 6) is 0.777. The summed E-state index contributed by atoms with van der Waals surface area (Å²) in [7, 11) is -3.76. The van der Waals surface area contributed by atoms with Gasteiger partial charge in [-0.05, 0) is 42.3 Å². The number of benzene rings is 3. The Labute approximate surface area is 189 Å². The van der Waals surface area contributed by atoms with Crippen molar-refractivity contribution in [3.05, 3.63) is 126 Å². The normalized spacial score (nSPS) is 13.5. The molecule has 0 aliphatic rings. The smallest absolute Gasteiger partial charge is 0.241 e. The zero-order chi connectivity index (χ0) is 22.4. The number of aryl methyl sites for hydroxylation is 1. The Morgan fingerprint density at radius 1 is 0.750 bits per heavy atom. The fourth-order valence-electron chi connectivity index (χ4n) is 3.65. The quantitative estimate of drug-likeness (QED) is 0.374. The van der Waals surface area contributed by atoms with Crippen molar-refractivity contribution in [3.8, 4) is 0 Å². The van der Waals surface area contributed by atoms with Gasteiger partial charge in [-0.2, -0.15) is 0 Å². The molecule has 3 aromatic carbocycles. The van der Waals surface area contributed by atoms with E-state index in [9.17, 15) is 8.42 Å². The van der Waals surface area contributed by atoms with Gasteiger partial charge >= 0.3 is 0 Å². The lowest BCUT2D eigenvalue weighted by atomic mass is 9.94. The number of furan rings is 1. The zero-order valence-corrected chi connectivity index (χ0v) is 18.6. The third-order valence-corrected chi connectivity index (χ3v) is 6.80. The number of rotatable bonds is 9. The van der Waals surface area contributed by atoms with E-state index in [0.29, 0.717) is 6.54 Å². The van der Waals surface area contributed by atoms with Crippen molar-refractivity contribution in [3.63, 3.8) is 0 Å². The van der Waals surface area contributed by atoms with Crippen LogP contribution in [0.1, 0.15) is 34.5 Å². The van der Waals surface area contributed by atoms with Crippen molar-refractivity contribution in [2.24, 2.45) is 0 Å². The molecule has 0 spiro atoms. The monoisotopic (exact) mass is 446 g/mol. The van der Waals surface area contributed by atoms with E-state index in [4.69, 9.17) is 4.42 Å². The second-order valence-electron chi connectivity index (χ2n) is 7.67. The average molecular weight is 447 g/mol. The second kappa shape index (κ2) is 9.96.